The van der Waals surface area contributed by atoms with Gasteiger partial charge in [-0.3, -0.25) is 0 Å². The molecule has 3 aliphatic heterocycles. The third-order valence-corrected chi connectivity index (χ3v) is 17.3. The molecule has 3 aromatic carbocycles. The van der Waals surface area contributed by atoms with Gasteiger partial charge in [-0.1, -0.05) is 127 Å². The van der Waals surface area contributed by atoms with Crippen molar-refractivity contribution in [3.63, 3.8) is 0 Å². The van der Waals surface area contributed by atoms with Crippen LogP contribution < -0.4 is 9.80 Å². The fraction of sp³-hybridized carbons (Fsp3) is 0.238. The van der Waals surface area contributed by atoms with E-state index in [1.807, 2.05) is 11.8 Å². The van der Waals surface area contributed by atoms with Crippen LogP contribution in [-0.4, -0.2) is 27.5 Å². The van der Waals surface area contributed by atoms with Crippen molar-refractivity contribution in [3.8, 4) is 6.07 Å². The lowest BCUT2D eigenvalue weighted by molar-refractivity contribution is 0.359. The predicted octanol–water partition coefficient (Wildman–Crippen LogP) is 15.0. The molecule has 0 amide bonds. The van der Waals surface area contributed by atoms with E-state index < -0.39 is 0 Å². The summed E-state index contributed by atoms with van der Waals surface area (Å²) in [4.78, 5) is 15.9. The summed E-state index contributed by atoms with van der Waals surface area (Å²) in [5.41, 5.74) is 18.6. The number of benzene rings is 3. The molecule has 14 rings (SSSR count). The minimum atomic E-state index is -0.165. The van der Waals surface area contributed by atoms with Crippen LogP contribution in [-0.2, 0) is 6.42 Å². The third-order valence-electron chi connectivity index (χ3n) is 16.2. The maximum atomic E-state index is 11.6. The van der Waals surface area contributed by atoms with Crippen molar-refractivity contribution in [2.24, 2.45) is 16.8 Å². The van der Waals surface area contributed by atoms with Gasteiger partial charge in [0.1, 0.15) is 11.9 Å². The van der Waals surface area contributed by atoms with Gasteiger partial charge in [0.25, 0.3) is 0 Å². The molecule has 1 aromatic heterocycles. The van der Waals surface area contributed by atoms with Crippen molar-refractivity contribution in [2.45, 2.75) is 92.2 Å². The molecule has 0 bridgehead atoms. The number of hydrogen-bond donors (Lipinski definition) is 0. The second-order valence-electron chi connectivity index (χ2n) is 19.9. The van der Waals surface area contributed by atoms with Gasteiger partial charge >= 0.3 is 0 Å². The Morgan fingerprint density at radius 1 is 0.686 bits per heavy atom. The fourth-order valence-electron chi connectivity index (χ4n) is 13.0. The molecule has 0 fully saturated rings. The van der Waals surface area contributed by atoms with E-state index in [1.54, 1.807) is 0 Å². The highest BCUT2D eigenvalue weighted by Crippen LogP contribution is 2.57. The number of aliphatic imine (C=N–C) groups is 1. The van der Waals surface area contributed by atoms with Gasteiger partial charge in [0.15, 0.2) is 6.17 Å². The molecule has 70 heavy (non-hydrogen) atoms. The molecule has 0 saturated carbocycles. The highest BCUT2D eigenvalue weighted by molar-refractivity contribution is 7.99. The molecule has 0 N–H and O–H groups in total. The van der Waals surface area contributed by atoms with Crippen molar-refractivity contribution in [2.75, 3.05) is 9.80 Å². The third kappa shape index (κ3) is 6.56. The number of para-hydroxylation sites is 3. The molecule has 5 atom stereocenters. The molecule has 0 spiro atoms. The number of fused-ring (bicyclic) bond motifs is 8. The number of nitriles is 1. The molecule has 7 aliphatic carbocycles. The Hall–Kier alpha value is -7.27. The summed E-state index contributed by atoms with van der Waals surface area (Å²) in [6.07, 6.45) is 47.3. The van der Waals surface area contributed by atoms with Crippen LogP contribution in [0.3, 0.4) is 0 Å². The van der Waals surface area contributed by atoms with Gasteiger partial charge in [0, 0.05) is 73.2 Å². The molecule has 5 unspecified atom stereocenters. The quantitative estimate of drug-likeness (QED) is 0.185. The average molecular weight is 927 g/mol. The smallest absolute Gasteiger partial charge is 0.154 e. The summed E-state index contributed by atoms with van der Waals surface area (Å²) < 4.78 is 2.55. The van der Waals surface area contributed by atoms with Crippen molar-refractivity contribution >= 4 is 52.5 Å². The van der Waals surface area contributed by atoms with Gasteiger partial charge in [-0.25, -0.2) is 4.99 Å². The number of amidine groups is 1. The summed E-state index contributed by atoms with van der Waals surface area (Å²) >= 11 is 1.85. The number of anilines is 3. The first kappa shape index (κ1) is 41.7. The molecular weight excluding hydrogens is 873 g/mol. The average Bonchev–Trinajstić information content (AvgIpc) is 3.94. The molecule has 10 aliphatic rings. The zero-order valence-corrected chi connectivity index (χ0v) is 40.1. The van der Waals surface area contributed by atoms with Crippen LogP contribution in [0, 0.1) is 23.2 Å². The Labute approximate surface area is 415 Å². The number of aromatic nitrogens is 1. The Morgan fingerprint density at radius 3 is 2.24 bits per heavy atom. The first-order chi connectivity index (χ1) is 34.7. The summed E-state index contributed by atoms with van der Waals surface area (Å²) in [6, 6.07) is 31.6. The largest absolute Gasteiger partial charge is 0.333 e. The molecule has 4 aromatic rings. The van der Waals surface area contributed by atoms with Crippen LogP contribution in [0.4, 0.5) is 17.1 Å². The summed E-state index contributed by atoms with van der Waals surface area (Å²) in [5, 5.41) is 11.6. The standard InChI is InChI=1S/C63H54N6S/c64-40-44-38-50(63-65-62(67(63)46-22-8-3-9-23-46)43-34-32-42(33-35-43)41-18-4-1-5-19-41)57(69-53-28-14-16-30-58(53)70-59-31-17-15-29-54(59)69)39-56(44)68-52-27-13-11-25-49(52)60-55(68)37-36-48-47-24-10-12-26-51(47)66(61(48)60)45-20-6-2-7-21-45/h2-4,6-8,11-12,14-22,25-26,28-32,34-38,42,48,57,61-62H,1,5,9-10,13,23-24,27,33,39H2. The fourth-order valence-corrected chi connectivity index (χ4v) is 14.1. The molecule has 7 heteroatoms. The Kier molecular flexibility index (Phi) is 10.1. The first-order valence-corrected chi connectivity index (χ1v) is 26.4. The zero-order valence-electron chi connectivity index (χ0n) is 39.3. The van der Waals surface area contributed by atoms with Crippen LogP contribution in [0.1, 0.15) is 86.3 Å². The number of nitrogens with zero attached hydrogens (tertiary/aromatic N) is 6. The van der Waals surface area contributed by atoms with E-state index in [-0.39, 0.29) is 24.2 Å². The van der Waals surface area contributed by atoms with E-state index in [1.165, 1.54) is 77.5 Å². The monoisotopic (exact) mass is 926 g/mol. The predicted molar refractivity (Wildman–Crippen MR) is 287 cm³/mol. The van der Waals surface area contributed by atoms with Gasteiger partial charge in [0.05, 0.1) is 34.7 Å². The molecule has 342 valence electrons. The van der Waals surface area contributed by atoms with Crippen molar-refractivity contribution in [1.29, 1.82) is 5.26 Å². The molecule has 0 saturated heterocycles. The molecule has 0 radical (unpaired) electrons. The minimum absolute atomic E-state index is 0.115. The normalized spacial score (nSPS) is 25.7. The van der Waals surface area contributed by atoms with Gasteiger partial charge in [0.2, 0.25) is 0 Å². The van der Waals surface area contributed by atoms with Crippen LogP contribution in [0.15, 0.2) is 218 Å². The van der Waals surface area contributed by atoms with E-state index in [2.05, 4.69) is 201 Å². The van der Waals surface area contributed by atoms with Gasteiger partial charge in [-0.2, -0.15) is 5.26 Å². The Bertz CT molecular complexity index is 3320. The second-order valence-corrected chi connectivity index (χ2v) is 21.0. The maximum absolute atomic E-state index is 11.6. The van der Waals surface area contributed by atoms with Crippen molar-refractivity contribution in [1.82, 2.24) is 9.47 Å². The molecule has 6 nitrogen and oxygen atoms in total. The van der Waals surface area contributed by atoms with Gasteiger partial charge in [-0.05, 0) is 135 Å². The summed E-state index contributed by atoms with van der Waals surface area (Å²) in [6.45, 7) is 0. The van der Waals surface area contributed by atoms with Gasteiger partial charge < -0.3 is 19.3 Å². The lowest BCUT2D eigenvalue weighted by Crippen LogP contribution is -2.53. The molecule has 4 heterocycles. The van der Waals surface area contributed by atoms with Crippen molar-refractivity contribution < 1.29 is 0 Å². The van der Waals surface area contributed by atoms with Crippen LogP contribution >= 0.6 is 11.8 Å². The summed E-state index contributed by atoms with van der Waals surface area (Å²) in [5.74, 6) is 1.65. The Balaban J connectivity index is 0.952. The van der Waals surface area contributed by atoms with E-state index in [0.717, 1.165) is 74.9 Å². The zero-order chi connectivity index (χ0) is 46.3. The van der Waals surface area contributed by atoms with Gasteiger partial charge in [-0.15, -0.1) is 0 Å². The van der Waals surface area contributed by atoms with Crippen molar-refractivity contribution in [3.05, 3.63) is 226 Å². The number of hydrogen-bond acceptors (Lipinski definition) is 6. The minimum Gasteiger partial charge on any atom is -0.333 e. The van der Waals surface area contributed by atoms with E-state index in [4.69, 9.17) is 4.99 Å². The highest BCUT2D eigenvalue weighted by Gasteiger charge is 2.48. The van der Waals surface area contributed by atoms with Crippen LogP contribution in [0.5, 0.6) is 0 Å². The molecular formula is C63H54N6S. The van der Waals surface area contributed by atoms with E-state index in [0.29, 0.717) is 17.9 Å². The second kappa shape index (κ2) is 17.0. The SMILES string of the molecule is N#CC1=C(n2c3c(c4c2CCC=C4)C2C(C=C3)C3=C(C=CCC3)N2c2ccccc2)CC(N2c3ccccc3Sc3ccccc32)C(C2=NC(C3=CCC(C4=CCCC=C4)C=C3)N2C2=CC=CCC2)=C1. The van der Waals surface area contributed by atoms with E-state index in [9.17, 15) is 5.26 Å². The topological polar surface area (TPSA) is 50.8 Å². The van der Waals surface area contributed by atoms with Crippen LogP contribution in [0.2, 0.25) is 0 Å². The lowest BCUT2D eigenvalue weighted by Gasteiger charge is -2.48. The maximum Gasteiger partial charge on any atom is 0.154 e. The van der Waals surface area contributed by atoms with E-state index >= 15 is 0 Å². The number of rotatable bonds is 7. The lowest BCUT2D eigenvalue weighted by atomic mass is 9.80. The van der Waals surface area contributed by atoms with Crippen LogP contribution in [0.25, 0.3) is 17.8 Å². The highest BCUT2D eigenvalue weighted by atomic mass is 32.2. The Morgan fingerprint density at radius 2 is 1.47 bits per heavy atom. The first-order valence-electron chi connectivity index (χ1n) is 25.6. The summed E-state index contributed by atoms with van der Waals surface area (Å²) in [7, 11) is 0. The number of allylic oxidation sites excluding steroid dienone is 15.